The highest BCUT2D eigenvalue weighted by atomic mass is 16.2. The summed E-state index contributed by atoms with van der Waals surface area (Å²) in [7, 11) is 1.71. The van der Waals surface area contributed by atoms with Gasteiger partial charge in [0.05, 0.1) is 12.5 Å². The predicted octanol–water partition coefficient (Wildman–Crippen LogP) is 0.453. The van der Waals surface area contributed by atoms with Crippen molar-refractivity contribution >= 4 is 5.91 Å². The molecular formula is C10H18N2O. The van der Waals surface area contributed by atoms with E-state index in [1.165, 1.54) is 0 Å². The number of rotatable bonds is 5. The van der Waals surface area contributed by atoms with Crippen molar-refractivity contribution in [2.75, 3.05) is 20.1 Å². The summed E-state index contributed by atoms with van der Waals surface area (Å²) in [6.07, 6.45) is 6.91. The topological polar surface area (TPSA) is 46.3 Å². The first-order valence-electron chi connectivity index (χ1n) is 4.55. The van der Waals surface area contributed by atoms with Crippen LogP contribution >= 0.6 is 0 Å². The highest BCUT2D eigenvalue weighted by molar-refractivity contribution is 5.79. The van der Waals surface area contributed by atoms with Gasteiger partial charge < -0.3 is 10.6 Å². The number of amides is 1. The summed E-state index contributed by atoms with van der Waals surface area (Å²) >= 11 is 0. The van der Waals surface area contributed by atoms with Gasteiger partial charge in [0.15, 0.2) is 0 Å². The molecular weight excluding hydrogens is 164 g/mol. The fourth-order valence-corrected chi connectivity index (χ4v) is 1.22. The molecule has 0 aromatic heterocycles. The molecule has 1 unspecified atom stereocenters. The van der Waals surface area contributed by atoms with Crippen LogP contribution in [0.3, 0.4) is 0 Å². The van der Waals surface area contributed by atoms with E-state index in [1.54, 1.807) is 11.9 Å². The highest BCUT2D eigenvalue weighted by Crippen LogP contribution is 2.07. The first-order chi connectivity index (χ1) is 6.17. The van der Waals surface area contributed by atoms with Crippen molar-refractivity contribution in [2.45, 2.75) is 19.8 Å². The van der Waals surface area contributed by atoms with Gasteiger partial charge in [-0.15, -0.1) is 6.42 Å². The molecule has 0 fully saturated rings. The van der Waals surface area contributed by atoms with E-state index in [9.17, 15) is 4.79 Å². The summed E-state index contributed by atoms with van der Waals surface area (Å²) in [5, 5.41) is 0. The normalized spacial score (nSPS) is 11.8. The van der Waals surface area contributed by atoms with Crippen molar-refractivity contribution in [3.63, 3.8) is 0 Å². The third-order valence-electron chi connectivity index (χ3n) is 1.98. The molecule has 0 saturated carbocycles. The van der Waals surface area contributed by atoms with Crippen molar-refractivity contribution < 1.29 is 4.79 Å². The minimum atomic E-state index is -0.0663. The lowest BCUT2D eigenvalue weighted by molar-refractivity contribution is -0.133. The molecule has 2 N–H and O–H groups in total. The van der Waals surface area contributed by atoms with E-state index < -0.39 is 0 Å². The second kappa shape index (κ2) is 6.50. The Labute approximate surface area is 80.3 Å². The Morgan fingerprint density at radius 2 is 2.31 bits per heavy atom. The quantitative estimate of drug-likeness (QED) is 0.628. The van der Waals surface area contributed by atoms with Crippen LogP contribution in [0, 0.1) is 18.3 Å². The fraction of sp³-hybridized carbons (Fsp3) is 0.700. The average Bonchev–Trinajstić information content (AvgIpc) is 2.13. The van der Waals surface area contributed by atoms with E-state index in [2.05, 4.69) is 5.92 Å². The average molecular weight is 182 g/mol. The Morgan fingerprint density at radius 3 is 2.69 bits per heavy atom. The Hall–Kier alpha value is -1.01. The zero-order valence-corrected chi connectivity index (χ0v) is 8.42. The SMILES string of the molecule is C#CCN(C)C(=O)C(CN)CCC. The maximum atomic E-state index is 11.6. The highest BCUT2D eigenvalue weighted by Gasteiger charge is 2.18. The van der Waals surface area contributed by atoms with Gasteiger partial charge in [0.1, 0.15) is 0 Å². The molecule has 0 heterocycles. The largest absolute Gasteiger partial charge is 0.334 e. The molecule has 3 nitrogen and oxygen atoms in total. The lowest BCUT2D eigenvalue weighted by Gasteiger charge is -2.20. The second-order valence-electron chi connectivity index (χ2n) is 3.12. The van der Waals surface area contributed by atoms with Gasteiger partial charge in [0, 0.05) is 13.6 Å². The summed E-state index contributed by atoms with van der Waals surface area (Å²) in [6, 6.07) is 0. The Morgan fingerprint density at radius 1 is 1.69 bits per heavy atom. The predicted molar refractivity (Wildman–Crippen MR) is 53.9 cm³/mol. The molecule has 0 saturated heterocycles. The van der Waals surface area contributed by atoms with Gasteiger partial charge >= 0.3 is 0 Å². The van der Waals surface area contributed by atoms with Crippen LogP contribution in [0.15, 0.2) is 0 Å². The van der Waals surface area contributed by atoms with Crippen LogP contribution in [-0.2, 0) is 4.79 Å². The molecule has 0 radical (unpaired) electrons. The van der Waals surface area contributed by atoms with Crippen molar-refractivity contribution in [1.82, 2.24) is 4.90 Å². The molecule has 3 heteroatoms. The molecule has 0 aliphatic heterocycles. The van der Waals surface area contributed by atoms with Crippen LogP contribution in [0.25, 0.3) is 0 Å². The third-order valence-corrected chi connectivity index (χ3v) is 1.98. The van der Waals surface area contributed by atoms with Gasteiger partial charge in [-0.3, -0.25) is 4.79 Å². The standard InChI is InChI=1S/C10H18N2O/c1-4-6-9(8-11)10(13)12(3)7-5-2/h2,9H,4,6-8,11H2,1,3H3. The number of hydrogen-bond donors (Lipinski definition) is 1. The van der Waals surface area contributed by atoms with Crippen molar-refractivity contribution in [2.24, 2.45) is 11.7 Å². The van der Waals surface area contributed by atoms with Crippen LogP contribution in [0.2, 0.25) is 0 Å². The first-order valence-corrected chi connectivity index (χ1v) is 4.55. The van der Waals surface area contributed by atoms with Crippen LogP contribution in [-0.4, -0.2) is 30.9 Å². The molecule has 0 aliphatic carbocycles. The lowest BCUT2D eigenvalue weighted by atomic mass is 10.0. The summed E-state index contributed by atoms with van der Waals surface area (Å²) in [6.45, 7) is 2.80. The number of nitrogens with two attached hydrogens (primary N) is 1. The van der Waals surface area contributed by atoms with Crippen molar-refractivity contribution in [3.05, 3.63) is 0 Å². The van der Waals surface area contributed by atoms with Crippen LogP contribution in [0.1, 0.15) is 19.8 Å². The minimum absolute atomic E-state index is 0.0577. The van der Waals surface area contributed by atoms with Gasteiger partial charge in [-0.2, -0.15) is 0 Å². The third kappa shape index (κ3) is 3.95. The summed E-state index contributed by atoms with van der Waals surface area (Å²) in [5.74, 6) is 2.43. The number of hydrogen-bond acceptors (Lipinski definition) is 2. The zero-order valence-electron chi connectivity index (χ0n) is 8.42. The number of carbonyl (C=O) groups excluding carboxylic acids is 1. The molecule has 1 atom stereocenters. The summed E-state index contributed by atoms with van der Waals surface area (Å²) in [5.41, 5.74) is 5.49. The van der Waals surface area contributed by atoms with E-state index in [-0.39, 0.29) is 11.8 Å². The number of nitrogens with zero attached hydrogens (tertiary/aromatic N) is 1. The molecule has 0 bridgehead atoms. The minimum Gasteiger partial charge on any atom is -0.334 e. The van der Waals surface area contributed by atoms with Gasteiger partial charge in [-0.25, -0.2) is 0 Å². The lowest BCUT2D eigenvalue weighted by Crippen LogP contribution is -2.36. The molecule has 0 spiro atoms. The molecule has 0 aromatic carbocycles. The van der Waals surface area contributed by atoms with E-state index in [0.29, 0.717) is 13.1 Å². The molecule has 13 heavy (non-hydrogen) atoms. The number of terminal acetylenes is 1. The number of carbonyl (C=O) groups is 1. The van der Waals surface area contributed by atoms with Crippen LogP contribution in [0.4, 0.5) is 0 Å². The smallest absolute Gasteiger partial charge is 0.227 e. The molecule has 1 amide bonds. The van der Waals surface area contributed by atoms with Gasteiger partial charge in [0.25, 0.3) is 0 Å². The van der Waals surface area contributed by atoms with E-state index >= 15 is 0 Å². The van der Waals surface area contributed by atoms with Crippen LogP contribution in [0.5, 0.6) is 0 Å². The Balaban J connectivity index is 4.12. The fourth-order valence-electron chi connectivity index (χ4n) is 1.22. The Bertz CT molecular complexity index is 196. The van der Waals surface area contributed by atoms with E-state index in [0.717, 1.165) is 12.8 Å². The molecule has 0 aromatic rings. The summed E-state index contributed by atoms with van der Waals surface area (Å²) < 4.78 is 0. The molecule has 0 rings (SSSR count). The van der Waals surface area contributed by atoms with E-state index in [1.807, 2.05) is 6.92 Å². The molecule has 74 valence electrons. The Kier molecular flexibility index (Phi) is 5.99. The zero-order chi connectivity index (χ0) is 10.3. The van der Waals surface area contributed by atoms with Crippen molar-refractivity contribution in [1.29, 1.82) is 0 Å². The van der Waals surface area contributed by atoms with Crippen LogP contribution < -0.4 is 5.73 Å². The van der Waals surface area contributed by atoms with Gasteiger partial charge in [-0.05, 0) is 6.42 Å². The maximum absolute atomic E-state index is 11.6. The molecule has 0 aliphatic rings. The maximum Gasteiger partial charge on any atom is 0.227 e. The monoisotopic (exact) mass is 182 g/mol. The van der Waals surface area contributed by atoms with E-state index in [4.69, 9.17) is 12.2 Å². The summed E-state index contributed by atoms with van der Waals surface area (Å²) in [4.78, 5) is 13.2. The second-order valence-corrected chi connectivity index (χ2v) is 3.12. The van der Waals surface area contributed by atoms with Gasteiger partial charge in [0.2, 0.25) is 5.91 Å². The van der Waals surface area contributed by atoms with Crippen molar-refractivity contribution in [3.8, 4) is 12.3 Å². The van der Waals surface area contributed by atoms with Gasteiger partial charge in [-0.1, -0.05) is 19.3 Å². The first kappa shape index (κ1) is 12.0.